The quantitative estimate of drug-likeness (QED) is 0.779. The summed E-state index contributed by atoms with van der Waals surface area (Å²) in [5, 5.41) is 18.8. The van der Waals surface area contributed by atoms with Gasteiger partial charge < -0.3 is 14.8 Å². The lowest BCUT2D eigenvalue weighted by molar-refractivity contribution is 0.110. The number of allylic oxidation sites excluding steroid dienone is 1. The van der Waals surface area contributed by atoms with Crippen LogP contribution >= 0.6 is 0 Å². The number of aromatic hydroxyl groups is 1. The number of hydrogen-bond acceptors (Lipinski definition) is 4. The minimum Gasteiger partial charge on any atom is -0.503 e. The zero-order chi connectivity index (χ0) is 15.2. The standard InChI is InChI=1S/C16H24N2O3/c1-2-7-17-12-16(21)15(20)10-14(17)11-18-8-4-3-5-13(18)6-9-19/h2,10,12-13,19,21H,1,3-9,11H2. The molecule has 2 heterocycles. The van der Waals surface area contributed by atoms with Crippen LogP contribution in [0.1, 0.15) is 31.4 Å². The van der Waals surface area contributed by atoms with E-state index < -0.39 is 0 Å². The highest BCUT2D eigenvalue weighted by molar-refractivity contribution is 5.21. The van der Waals surface area contributed by atoms with Gasteiger partial charge in [0.2, 0.25) is 5.43 Å². The van der Waals surface area contributed by atoms with Crippen molar-refractivity contribution in [3.63, 3.8) is 0 Å². The third-order valence-electron chi connectivity index (χ3n) is 4.10. The summed E-state index contributed by atoms with van der Waals surface area (Å²) in [6.45, 7) is 6.10. The Morgan fingerprint density at radius 3 is 2.95 bits per heavy atom. The lowest BCUT2D eigenvalue weighted by Gasteiger charge is -2.36. The van der Waals surface area contributed by atoms with Crippen LogP contribution in [0.15, 0.2) is 29.7 Å². The largest absolute Gasteiger partial charge is 0.503 e. The first-order valence-electron chi connectivity index (χ1n) is 7.54. The summed E-state index contributed by atoms with van der Waals surface area (Å²) in [4.78, 5) is 14.0. The molecule has 0 aromatic carbocycles. The Morgan fingerprint density at radius 1 is 1.43 bits per heavy atom. The average molecular weight is 292 g/mol. The van der Waals surface area contributed by atoms with Crippen molar-refractivity contribution in [2.75, 3.05) is 13.2 Å². The van der Waals surface area contributed by atoms with Crippen LogP contribution in [0.5, 0.6) is 5.75 Å². The van der Waals surface area contributed by atoms with Gasteiger partial charge in [0.05, 0.1) is 6.20 Å². The molecule has 2 rings (SSSR count). The predicted octanol–water partition coefficient (Wildman–Crippen LogP) is 1.48. The minimum absolute atomic E-state index is 0.191. The number of rotatable bonds is 6. The monoisotopic (exact) mass is 292 g/mol. The number of likely N-dealkylation sites (tertiary alicyclic amines) is 1. The van der Waals surface area contributed by atoms with Gasteiger partial charge in [0.15, 0.2) is 5.75 Å². The Balaban J connectivity index is 2.22. The van der Waals surface area contributed by atoms with Gasteiger partial charge in [-0.15, -0.1) is 6.58 Å². The SMILES string of the molecule is C=CCn1cc(O)c(=O)cc1CN1CCCCC1CCO. The molecule has 1 aromatic heterocycles. The highest BCUT2D eigenvalue weighted by atomic mass is 16.3. The van der Waals surface area contributed by atoms with E-state index in [9.17, 15) is 15.0 Å². The van der Waals surface area contributed by atoms with Crippen molar-refractivity contribution >= 4 is 0 Å². The second-order valence-electron chi connectivity index (χ2n) is 5.59. The second kappa shape index (κ2) is 7.43. The van der Waals surface area contributed by atoms with Crippen molar-refractivity contribution in [2.24, 2.45) is 0 Å². The van der Waals surface area contributed by atoms with Gasteiger partial charge in [0, 0.05) is 37.5 Å². The number of piperidine rings is 1. The van der Waals surface area contributed by atoms with Gasteiger partial charge >= 0.3 is 0 Å². The first-order chi connectivity index (χ1) is 10.2. The van der Waals surface area contributed by atoms with Crippen LogP contribution in [0.2, 0.25) is 0 Å². The molecule has 0 bridgehead atoms. The second-order valence-corrected chi connectivity index (χ2v) is 5.59. The first-order valence-corrected chi connectivity index (χ1v) is 7.54. The number of aromatic nitrogens is 1. The third kappa shape index (κ3) is 3.95. The van der Waals surface area contributed by atoms with Gasteiger partial charge in [-0.2, -0.15) is 0 Å². The fraction of sp³-hybridized carbons (Fsp3) is 0.562. The van der Waals surface area contributed by atoms with Crippen molar-refractivity contribution in [1.82, 2.24) is 9.47 Å². The van der Waals surface area contributed by atoms with E-state index in [0.29, 0.717) is 19.1 Å². The van der Waals surface area contributed by atoms with Crippen LogP contribution in [-0.4, -0.2) is 38.9 Å². The molecule has 0 saturated carbocycles. The van der Waals surface area contributed by atoms with Crippen molar-refractivity contribution in [2.45, 2.75) is 44.8 Å². The maximum atomic E-state index is 11.7. The van der Waals surface area contributed by atoms with Crippen molar-refractivity contribution in [3.8, 4) is 5.75 Å². The third-order valence-corrected chi connectivity index (χ3v) is 4.10. The summed E-state index contributed by atoms with van der Waals surface area (Å²) in [5.41, 5.74) is 0.531. The van der Waals surface area contributed by atoms with Crippen molar-refractivity contribution in [1.29, 1.82) is 0 Å². The normalized spacial score (nSPS) is 19.6. The summed E-state index contributed by atoms with van der Waals surface area (Å²) in [6.07, 6.45) is 7.41. The molecule has 116 valence electrons. The van der Waals surface area contributed by atoms with Gasteiger partial charge in [-0.25, -0.2) is 0 Å². The summed E-state index contributed by atoms with van der Waals surface area (Å²) in [5.74, 6) is -0.230. The lowest BCUT2D eigenvalue weighted by Crippen LogP contribution is -2.40. The topological polar surface area (TPSA) is 65.7 Å². The molecular weight excluding hydrogens is 268 g/mol. The van der Waals surface area contributed by atoms with E-state index in [2.05, 4.69) is 11.5 Å². The predicted molar refractivity (Wildman–Crippen MR) is 82.3 cm³/mol. The number of pyridine rings is 1. The van der Waals surface area contributed by atoms with Crippen molar-refractivity contribution < 1.29 is 10.2 Å². The summed E-state index contributed by atoms with van der Waals surface area (Å²) >= 11 is 0. The van der Waals surface area contributed by atoms with Crippen molar-refractivity contribution in [3.05, 3.63) is 40.8 Å². The minimum atomic E-state index is -0.346. The molecule has 1 aliphatic rings. The fourth-order valence-corrected chi connectivity index (χ4v) is 3.00. The van der Waals surface area contributed by atoms with Crippen LogP contribution in [0.4, 0.5) is 0 Å². The van der Waals surface area contributed by atoms with Crippen LogP contribution in [0.3, 0.4) is 0 Å². The summed E-state index contributed by atoms with van der Waals surface area (Å²) in [6, 6.07) is 1.87. The van der Waals surface area contributed by atoms with Gasteiger partial charge in [-0.05, 0) is 25.8 Å². The highest BCUT2D eigenvalue weighted by Crippen LogP contribution is 2.22. The van der Waals surface area contributed by atoms with E-state index in [1.54, 1.807) is 6.08 Å². The van der Waals surface area contributed by atoms with Crippen LogP contribution in [0, 0.1) is 0 Å². The van der Waals surface area contributed by atoms with E-state index in [-0.39, 0.29) is 17.8 Å². The average Bonchev–Trinajstić information content (AvgIpc) is 2.47. The molecule has 0 amide bonds. The molecule has 1 saturated heterocycles. The molecule has 5 nitrogen and oxygen atoms in total. The van der Waals surface area contributed by atoms with Gasteiger partial charge in [0.25, 0.3) is 0 Å². The highest BCUT2D eigenvalue weighted by Gasteiger charge is 2.22. The maximum absolute atomic E-state index is 11.7. The first kappa shape index (κ1) is 15.8. The maximum Gasteiger partial charge on any atom is 0.223 e. The molecule has 0 radical (unpaired) electrons. The molecule has 1 aromatic rings. The molecule has 21 heavy (non-hydrogen) atoms. The Kier molecular flexibility index (Phi) is 5.59. The zero-order valence-corrected chi connectivity index (χ0v) is 12.4. The van der Waals surface area contributed by atoms with E-state index in [0.717, 1.165) is 31.5 Å². The molecule has 5 heteroatoms. The Bertz CT molecular complexity index is 537. The number of aliphatic hydroxyl groups is 1. The molecule has 1 fully saturated rings. The smallest absolute Gasteiger partial charge is 0.223 e. The molecule has 0 spiro atoms. The molecule has 2 N–H and O–H groups in total. The fourth-order valence-electron chi connectivity index (χ4n) is 3.00. The van der Waals surface area contributed by atoms with E-state index in [1.165, 1.54) is 18.7 Å². The van der Waals surface area contributed by atoms with Gasteiger partial charge in [0.1, 0.15) is 0 Å². The molecule has 1 aliphatic heterocycles. The number of nitrogens with zero attached hydrogens (tertiary/aromatic N) is 2. The van der Waals surface area contributed by atoms with Gasteiger partial charge in [-0.1, -0.05) is 12.5 Å². The molecular formula is C16H24N2O3. The zero-order valence-electron chi connectivity index (χ0n) is 12.4. The van der Waals surface area contributed by atoms with E-state index in [4.69, 9.17) is 0 Å². The molecule has 0 aliphatic carbocycles. The lowest BCUT2D eigenvalue weighted by atomic mass is 9.99. The number of hydrogen-bond donors (Lipinski definition) is 2. The van der Waals surface area contributed by atoms with Crippen LogP contribution in [-0.2, 0) is 13.1 Å². The van der Waals surface area contributed by atoms with Crippen LogP contribution < -0.4 is 5.43 Å². The molecule has 1 unspecified atom stereocenters. The Morgan fingerprint density at radius 2 is 2.24 bits per heavy atom. The molecule has 1 atom stereocenters. The van der Waals surface area contributed by atoms with Gasteiger partial charge in [-0.3, -0.25) is 9.69 Å². The van der Waals surface area contributed by atoms with Crippen LogP contribution in [0.25, 0.3) is 0 Å². The van der Waals surface area contributed by atoms with E-state index in [1.807, 2.05) is 4.57 Å². The summed E-state index contributed by atoms with van der Waals surface area (Å²) in [7, 11) is 0. The Labute approximate surface area is 125 Å². The van der Waals surface area contributed by atoms with E-state index >= 15 is 0 Å². The Hall–Kier alpha value is -1.59. The number of aliphatic hydroxyl groups excluding tert-OH is 1. The summed E-state index contributed by atoms with van der Waals surface area (Å²) < 4.78 is 1.86.